The first-order valence-corrected chi connectivity index (χ1v) is 27.6. The summed E-state index contributed by atoms with van der Waals surface area (Å²) in [5.74, 6) is -0.0522. The Morgan fingerprint density at radius 3 is 1.24 bits per heavy atom. The van der Waals surface area contributed by atoms with E-state index in [0.717, 1.165) is 57.8 Å². The summed E-state index contributed by atoms with van der Waals surface area (Å²) in [6, 6.07) is -0.546. The summed E-state index contributed by atoms with van der Waals surface area (Å²) in [7, 11) is 0. The minimum absolute atomic E-state index is 0.0102. The lowest BCUT2D eigenvalue weighted by molar-refractivity contribution is -0.143. The van der Waals surface area contributed by atoms with Gasteiger partial charge in [-0.05, 0) is 57.8 Å². The normalized spacial score (nSPS) is 12.8. The summed E-state index contributed by atoms with van der Waals surface area (Å²) < 4.78 is 5.47. The van der Waals surface area contributed by atoms with Gasteiger partial charge in [0.15, 0.2) is 0 Å². The molecule has 0 aliphatic carbocycles. The van der Waals surface area contributed by atoms with Crippen molar-refractivity contribution in [3.63, 3.8) is 0 Å². The Morgan fingerprint density at radius 2 is 0.806 bits per heavy atom. The molecule has 62 heavy (non-hydrogen) atoms. The molecule has 6 nitrogen and oxygen atoms in total. The third kappa shape index (κ3) is 47.8. The lowest BCUT2D eigenvalue weighted by Gasteiger charge is -2.22. The van der Waals surface area contributed by atoms with Crippen molar-refractivity contribution >= 4 is 11.9 Å². The average molecular weight is 874 g/mol. The van der Waals surface area contributed by atoms with Crippen molar-refractivity contribution in [1.82, 2.24) is 5.32 Å². The van der Waals surface area contributed by atoms with Gasteiger partial charge in [-0.1, -0.05) is 250 Å². The van der Waals surface area contributed by atoms with E-state index in [2.05, 4.69) is 43.5 Å². The lowest BCUT2D eigenvalue weighted by Crippen LogP contribution is -2.45. The molecule has 0 aromatic rings. The summed E-state index contributed by atoms with van der Waals surface area (Å²) in [6.07, 6.45) is 61.5. The van der Waals surface area contributed by atoms with E-state index in [-0.39, 0.29) is 18.5 Å². The summed E-state index contributed by atoms with van der Waals surface area (Å²) in [6.45, 7) is 4.92. The fourth-order valence-electron chi connectivity index (χ4n) is 8.49. The molecule has 0 aliphatic rings. The van der Waals surface area contributed by atoms with Crippen LogP contribution in [0.2, 0.25) is 0 Å². The Morgan fingerprint density at radius 1 is 0.452 bits per heavy atom. The molecule has 0 aromatic heterocycles. The molecule has 3 N–H and O–H groups in total. The number of esters is 1. The predicted molar refractivity (Wildman–Crippen MR) is 269 cm³/mol. The fourth-order valence-corrected chi connectivity index (χ4v) is 8.49. The van der Waals surface area contributed by atoms with Crippen LogP contribution in [0.5, 0.6) is 0 Å². The number of carbonyl (C=O) groups excluding carboxylic acids is 2. The number of allylic oxidation sites excluding steroid dienone is 4. The van der Waals surface area contributed by atoms with Crippen LogP contribution in [-0.2, 0) is 14.3 Å². The largest absolute Gasteiger partial charge is 0.466 e. The van der Waals surface area contributed by atoms with Crippen LogP contribution >= 0.6 is 0 Å². The van der Waals surface area contributed by atoms with Gasteiger partial charge in [0.05, 0.1) is 25.4 Å². The maximum Gasteiger partial charge on any atom is 0.305 e. The maximum absolute atomic E-state index is 12.4. The summed E-state index contributed by atoms with van der Waals surface area (Å²) in [5, 5.41) is 23.2. The molecule has 0 rings (SSSR count). The van der Waals surface area contributed by atoms with E-state index in [1.165, 1.54) is 205 Å². The number of amides is 1. The summed E-state index contributed by atoms with van der Waals surface area (Å²) in [4.78, 5) is 24.5. The minimum atomic E-state index is -0.668. The van der Waals surface area contributed by atoms with E-state index in [0.29, 0.717) is 25.9 Å². The summed E-state index contributed by atoms with van der Waals surface area (Å²) >= 11 is 0. The minimum Gasteiger partial charge on any atom is -0.466 e. The number of hydrogen-bond donors (Lipinski definition) is 3. The molecule has 366 valence electrons. The van der Waals surface area contributed by atoms with Crippen molar-refractivity contribution in [2.24, 2.45) is 0 Å². The number of unbranched alkanes of at least 4 members (excludes halogenated alkanes) is 36. The highest BCUT2D eigenvalue weighted by molar-refractivity contribution is 5.76. The molecule has 0 bridgehead atoms. The van der Waals surface area contributed by atoms with Crippen molar-refractivity contribution in [1.29, 1.82) is 0 Å². The van der Waals surface area contributed by atoms with Gasteiger partial charge < -0.3 is 20.3 Å². The number of ether oxygens (including phenoxy) is 1. The molecular weight excluding hydrogens is 767 g/mol. The van der Waals surface area contributed by atoms with Gasteiger partial charge in [-0.3, -0.25) is 9.59 Å². The zero-order valence-electron chi connectivity index (χ0n) is 41.6. The van der Waals surface area contributed by atoms with Crippen molar-refractivity contribution in [3.05, 3.63) is 24.3 Å². The second-order valence-corrected chi connectivity index (χ2v) is 18.9. The predicted octanol–water partition coefficient (Wildman–Crippen LogP) is 16.7. The molecule has 0 saturated heterocycles. The molecule has 6 heteroatoms. The van der Waals surface area contributed by atoms with Gasteiger partial charge in [-0.25, -0.2) is 0 Å². The number of hydrogen-bond acceptors (Lipinski definition) is 5. The lowest BCUT2D eigenvalue weighted by atomic mass is 10.0. The second kappa shape index (κ2) is 52.0. The van der Waals surface area contributed by atoms with Gasteiger partial charge in [-0.15, -0.1) is 0 Å². The molecule has 2 atom stereocenters. The van der Waals surface area contributed by atoms with Gasteiger partial charge in [0, 0.05) is 12.8 Å². The quantitative estimate of drug-likeness (QED) is 0.0321. The number of carbonyl (C=O) groups is 2. The Hall–Kier alpha value is -1.66. The highest BCUT2D eigenvalue weighted by atomic mass is 16.5. The van der Waals surface area contributed by atoms with Crippen LogP contribution in [0.4, 0.5) is 0 Å². The average Bonchev–Trinajstić information content (AvgIpc) is 3.27. The number of rotatable bonds is 51. The van der Waals surface area contributed by atoms with E-state index in [1.807, 2.05) is 0 Å². The molecule has 0 spiro atoms. The van der Waals surface area contributed by atoms with Crippen molar-refractivity contribution in [2.45, 2.75) is 309 Å². The Kier molecular flexibility index (Phi) is 50.6. The number of nitrogens with one attached hydrogen (secondary N) is 1. The standard InChI is InChI=1S/C56H107NO5/c1-3-5-7-9-11-13-15-17-18-22-26-30-34-38-42-46-50-56(61)62-51-47-43-39-35-31-27-23-20-19-21-25-29-33-37-41-45-49-55(60)57-53(52-58)54(59)48-44-40-36-32-28-24-16-14-12-10-8-6-4-2/h13,15,18,22,53-54,58-59H,3-12,14,16-17,19-21,23-52H2,1-2H3,(H,57,60)/b15-13-,22-18-. The van der Waals surface area contributed by atoms with Crippen LogP contribution in [-0.4, -0.2) is 47.4 Å². The monoisotopic (exact) mass is 874 g/mol. The third-order valence-corrected chi connectivity index (χ3v) is 12.8. The molecule has 0 aromatic carbocycles. The first-order valence-electron chi connectivity index (χ1n) is 27.6. The van der Waals surface area contributed by atoms with Crippen LogP contribution in [0.15, 0.2) is 24.3 Å². The SMILES string of the molecule is CCCCCC/C=C\C/C=C\CCCCCCCC(=O)OCCCCCCCCCCCCCCCCCCC(=O)NC(CO)C(O)CCCCCCCCCCCCCCC. The summed E-state index contributed by atoms with van der Waals surface area (Å²) in [5.41, 5.74) is 0. The van der Waals surface area contributed by atoms with E-state index < -0.39 is 12.1 Å². The van der Waals surface area contributed by atoms with Crippen molar-refractivity contribution < 1.29 is 24.5 Å². The smallest absolute Gasteiger partial charge is 0.305 e. The topological polar surface area (TPSA) is 95.9 Å². The molecule has 0 fully saturated rings. The molecular formula is C56H107NO5. The molecule has 0 heterocycles. The van der Waals surface area contributed by atoms with E-state index in [1.54, 1.807) is 0 Å². The molecule has 1 amide bonds. The van der Waals surface area contributed by atoms with Crippen LogP contribution in [0.3, 0.4) is 0 Å². The highest BCUT2D eigenvalue weighted by Crippen LogP contribution is 2.17. The van der Waals surface area contributed by atoms with E-state index >= 15 is 0 Å². The zero-order valence-corrected chi connectivity index (χ0v) is 41.6. The first-order chi connectivity index (χ1) is 30.5. The zero-order chi connectivity index (χ0) is 45.1. The number of aliphatic hydroxyl groups is 2. The van der Waals surface area contributed by atoms with E-state index in [4.69, 9.17) is 4.74 Å². The highest BCUT2D eigenvalue weighted by Gasteiger charge is 2.20. The van der Waals surface area contributed by atoms with Gasteiger partial charge >= 0.3 is 5.97 Å². The van der Waals surface area contributed by atoms with Crippen molar-refractivity contribution in [2.75, 3.05) is 13.2 Å². The molecule has 2 unspecified atom stereocenters. The molecule has 0 saturated carbocycles. The van der Waals surface area contributed by atoms with Gasteiger partial charge in [0.2, 0.25) is 5.91 Å². The van der Waals surface area contributed by atoms with E-state index in [9.17, 15) is 19.8 Å². The van der Waals surface area contributed by atoms with Crippen molar-refractivity contribution in [3.8, 4) is 0 Å². The fraction of sp³-hybridized carbons (Fsp3) is 0.893. The van der Waals surface area contributed by atoms with Gasteiger partial charge in [-0.2, -0.15) is 0 Å². The molecule has 0 radical (unpaired) electrons. The van der Waals surface area contributed by atoms with Crippen LogP contribution in [0.25, 0.3) is 0 Å². The maximum atomic E-state index is 12.4. The molecule has 0 aliphatic heterocycles. The van der Waals surface area contributed by atoms with Crippen LogP contribution < -0.4 is 5.32 Å². The van der Waals surface area contributed by atoms with Gasteiger partial charge in [0.1, 0.15) is 0 Å². The van der Waals surface area contributed by atoms with Gasteiger partial charge in [0.25, 0.3) is 0 Å². The number of aliphatic hydroxyl groups excluding tert-OH is 2. The Balaban J connectivity index is 3.42. The van der Waals surface area contributed by atoms with Crippen LogP contribution in [0.1, 0.15) is 296 Å². The first kappa shape index (κ1) is 60.3. The Bertz CT molecular complexity index is 966. The second-order valence-electron chi connectivity index (χ2n) is 18.9. The Labute approximate surface area is 386 Å². The van der Waals surface area contributed by atoms with Crippen LogP contribution in [0, 0.1) is 0 Å². The third-order valence-electron chi connectivity index (χ3n) is 12.8.